The molecule has 0 aromatic carbocycles. The van der Waals surface area contributed by atoms with E-state index in [1.54, 1.807) is 6.08 Å². The highest BCUT2D eigenvalue weighted by molar-refractivity contribution is 5.87. The number of amides is 1. The van der Waals surface area contributed by atoms with Gasteiger partial charge in [0.15, 0.2) is 0 Å². The molecule has 1 amide bonds. The standard InChI is InChI=1S/C16H30N2O/c1-3-4-5-6-7-8-9-11-16(19)18-13-10-12-17(2)14-15-18/h9,11H,3-8,10,12-15H2,1-2H3/b11-9+. The van der Waals surface area contributed by atoms with Gasteiger partial charge in [0.1, 0.15) is 0 Å². The maximum absolute atomic E-state index is 12.0. The second-order valence-electron chi connectivity index (χ2n) is 5.59. The molecule has 3 nitrogen and oxygen atoms in total. The highest BCUT2D eigenvalue weighted by atomic mass is 16.2. The smallest absolute Gasteiger partial charge is 0.246 e. The van der Waals surface area contributed by atoms with Gasteiger partial charge in [-0.3, -0.25) is 4.79 Å². The molecular formula is C16H30N2O. The number of likely N-dealkylation sites (N-methyl/N-ethyl adjacent to an activating group) is 1. The average Bonchev–Trinajstić information content (AvgIpc) is 2.62. The van der Waals surface area contributed by atoms with Gasteiger partial charge in [0.25, 0.3) is 0 Å². The summed E-state index contributed by atoms with van der Waals surface area (Å²) in [6, 6.07) is 0. The van der Waals surface area contributed by atoms with E-state index in [2.05, 4.69) is 24.9 Å². The third-order valence-electron chi connectivity index (χ3n) is 3.77. The van der Waals surface area contributed by atoms with Gasteiger partial charge in [0.2, 0.25) is 5.91 Å². The molecule has 1 aliphatic rings. The van der Waals surface area contributed by atoms with Gasteiger partial charge in [-0.2, -0.15) is 0 Å². The molecule has 0 aromatic rings. The fraction of sp³-hybridized carbons (Fsp3) is 0.812. The molecule has 3 heteroatoms. The zero-order valence-corrected chi connectivity index (χ0v) is 12.7. The highest BCUT2D eigenvalue weighted by Gasteiger charge is 2.14. The molecule has 0 atom stereocenters. The van der Waals surface area contributed by atoms with Gasteiger partial charge in [-0.15, -0.1) is 0 Å². The third kappa shape index (κ3) is 7.36. The van der Waals surface area contributed by atoms with E-state index in [-0.39, 0.29) is 5.91 Å². The second kappa shape index (κ2) is 10.0. The monoisotopic (exact) mass is 266 g/mol. The van der Waals surface area contributed by atoms with Crippen LogP contribution in [0.5, 0.6) is 0 Å². The lowest BCUT2D eigenvalue weighted by atomic mass is 10.1. The number of hydrogen-bond donors (Lipinski definition) is 0. The lowest BCUT2D eigenvalue weighted by molar-refractivity contribution is -0.125. The van der Waals surface area contributed by atoms with Crippen LogP contribution in [0.2, 0.25) is 0 Å². The minimum absolute atomic E-state index is 0.198. The first-order valence-corrected chi connectivity index (χ1v) is 7.88. The van der Waals surface area contributed by atoms with Crippen molar-refractivity contribution in [2.75, 3.05) is 33.2 Å². The first kappa shape index (κ1) is 16.2. The topological polar surface area (TPSA) is 23.6 Å². The largest absolute Gasteiger partial charge is 0.338 e. The summed E-state index contributed by atoms with van der Waals surface area (Å²) in [5.41, 5.74) is 0. The molecule has 1 rings (SSSR count). The number of rotatable bonds is 7. The Bertz CT molecular complexity index is 276. The molecule has 0 unspecified atom stereocenters. The fourth-order valence-electron chi connectivity index (χ4n) is 2.42. The minimum atomic E-state index is 0.198. The van der Waals surface area contributed by atoms with E-state index in [0.717, 1.165) is 39.0 Å². The molecule has 1 fully saturated rings. The summed E-state index contributed by atoms with van der Waals surface area (Å²) in [6.07, 6.45) is 12.4. The van der Waals surface area contributed by atoms with Crippen molar-refractivity contribution in [1.29, 1.82) is 0 Å². The number of carbonyl (C=O) groups is 1. The molecule has 0 spiro atoms. The van der Waals surface area contributed by atoms with Gasteiger partial charge in [-0.1, -0.05) is 38.7 Å². The van der Waals surface area contributed by atoms with Crippen molar-refractivity contribution in [1.82, 2.24) is 9.80 Å². The molecular weight excluding hydrogens is 236 g/mol. The normalized spacial score (nSPS) is 17.9. The van der Waals surface area contributed by atoms with E-state index in [4.69, 9.17) is 0 Å². The van der Waals surface area contributed by atoms with Crippen LogP contribution in [0.1, 0.15) is 51.9 Å². The van der Waals surface area contributed by atoms with E-state index in [1.807, 2.05) is 4.90 Å². The molecule has 110 valence electrons. The maximum Gasteiger partial charge on any atom is 0.246 e. The molecule has 0 N–H and O–H groups in total. The van der Waals surface area contributed by atoms with Crippen molar-refractivity contribution in [2.24, 2.45) is 0 Å². The van der Waals surface area contributed by atoms with E-state index in [0.29, 0.717) is 0 Å². The van der Waals surface area contributed by atoms with Crippen LogP contribution in [0.4, 0.5) is 0 Å². The van der Waals surface area contributed by atoms with Crippen molar-refractivity contribution in [3.63, 3.8) is 0 Å². The maximum atomic E-state index is 12.0. The molecule has 0 radical (unpaired) electrons. The summed E-state index contributed by atoms with van der Waals surface area (Å²) in [5, 5.41) is 0. The number of allylic oxidation sites excluding steroid dienone is 1. The van der Waals surface area contributed by atoms with Crippen molar-refractivity contribution >= 4 is 5.91 Å². The van der Waals surface area contributed by atoms with Crippen LogP contribution in [0.15, 0.2) is 12.2 Å². The van der Waals surface area contributed by atoms with Crippen LogP contribution in [-0.2, 0) is 4.79 Å². The van der Waals surface area contributed by atoms with Gasteiger partial charge in [0, 0.05) is 19.6 Å². The van der Waals surface area contributed by atoms with Gasteiger partial charge >= 0.3 is 0 Å². The first-order chi connectivity index (χ1) is 9.24. The molecule has 0 aliphatic carbocycles. The summed E-state index contributed by atoms with van der Waals surface area (Å²) in [6.45, 7) is 6.11. The second-order valence-corrected chi connectivity index (χ2v) is 5.59. The molecule has 19 heavy (non-hydrogen) atoms. The zero-order chi connectivity index (χ0) is 13.9. The Morgan fingerprint density at radius 1 is 1.05 bits per heavy atom. The minimum Gasteiger partial charge on any atom is -0.338 e. The Morgan fingerprint density at radius 3 is 2.63 bits per heavy atom. The quantitative estimate of drug-likeness (QED) is 0.522. The van der Waals surface area contributed by atoms with Crippen molar-refractivity contribution in [3.05, 3.63) is 12.2 Å². The fourth-order valence-corrected chi connectivity index (χ4v) is 2.42. The van der Waals surface area contributed by atoms with Crippen LogP contribution in [-0.4, -0.2) is 48.9 Å². The SMILES string of the molecule is CCCCCCC/C=C/C(=O)N1CCCN(C)CC1. The summed E-state index contributed by atoms with van der Waals surface area (Å²) < 4.78 is 0. The van der Waals surface area contributed by atoms with Gasteiger partial charge < -0.3 is 9.80 Å². The molecule has 1 saturated heterocycles. The molecule has 1 aliphatic heterocycles. The summed E-state index contributed by atoms with van der Waals surface area (Å²) in [5.74, 6) is 0.198. The van der Waals surface area contributed by atoms with Gasteiger partial charge in [-0.05, 0) is 38.9 Å². The number of hydrogen-bond acceptors (Lipinski definition) is 2. The Morgan fingerprint density at radius 2 is 1.84 bits per heavy atom. The first-order valence-electron chi connectivity index (χ1n) is 7.88. The average molecular weight is 266 g/mol. The van der Waals surface area contributed by atoms with E-state index >= 15 is 0 Å². The van der Waals surface area contributed by atoms with Gasteiger partial charge in [0.05, 0.1) is 0 Å². The lowest BCUT2D eigenvalue weighted by Crippen LogP contribution is -2.33. The summed E-state index contributed by atoms with van der Waals surface area (Å²) in [7, 11) is 2.13. The highest BCUT2D eigenvalue weighted by Crippen LogP contribution is 2.06. The van der Waals surface area contributed by atoms with Crippen molar-refractivity contribution in [3.8, 4) is 0 Å². The molecule has 0 aromatic heterocycles. The van der Waals surface area contributed by atoms with E-state index < -0.39 is 0 Å². The number of unbranched alkanes of at least 4 members (excludes halogenated alkanes) is 5. The zero-order valence-electron chi connectivity index (χ0n) is 12.7. The molecule has 0 saturated carbocycles. The van der Waals surface area contributed by atoms with Gasteiger partial charge in [-0.25, -0.2) is 0 Å². The van der Waals surface area contributed by atoms with Crippen LogP contribution in [0.3, 0.4) is 0 Å². The van der Waals surface area contributed by atoms with Crippen molar-refractivity contribution in [2.45, 2.75) is 51.9 Å². The van der Waals surface area contributed by atoms with E-state index in [1.165, 1.54) is 32.1 Å². The summed E-state index contributed by atoms with van der Waals surface area (Å²) in [4.78, 5) is 16.3. The van der Waals surface area contributed by atoms with Crippen molar-refractivity contribution < 1.29 is 4.79 Å². The molecule has 1 heterocycles. The third-order valence-corrected chi connectivity index (χ3v) is 3.77. The number of carbonyl (C=O) groups excluding carboxylic acids is 1. The predicted molar refractivity (Wildman–Crippen MR) is 81.2 cm³/mol. The Hall–Kier alpha value is -0.830. The van der Waals surface area contributed by atoms with Crippen LogP contribution >= 0.6 is 0 Å². The van der Waals surface area contributed by atoms with Crippen LogP contribution in [0.25, 0.3) is 0 Å². The number of nitrogens with zero attached hydrogens (tertiary/aromatic N) is 2. The van der Waals surface area contributed by atoms with Crippen LogP contribution < -0.4 is 0 Å². The van der Waals surface area contributed by atoms with Crippen LogP contribution in [0, 0.1) is 0 Å². The Kier molecular flexibility index (Phi) is 8.55. The lowest BCUT2D eigenvalue weighted by Gasteiger charge is -2.18. The Balaban J connectivity index is 2.15. The predicted octanol–water partition coefficient (Wildman–Crippen LogP) is 3.07. The Labute approximate surface area is 118 Å². The molecule has 0 bridgehead atoms. The van der Waals surface area contributed by atoms with E-state index in [9.17, 15) is 4.79 Å². The summed E-state index contributed by atoms with van der Waals surface area (Å²) >= 11 is 0.